The molecule has 17 heavy (non-hydrogen) atoms. The van der Waals surface area contributed by atoms with Gasteiger partial charge in [0.1, 0.15) is 0 Å². The first-order valence-corrected chi connectivity index (χ1v) is 6.91. The summed E-state index contributed by atoms with van der Waals surface area (Å²) in [5.74, 6) is 0.169. The van der Waals surface area contributed by atoms with Crippen molar-refractivity contribution in [3.63, 3.8) is 0 Å². The van der Waals surface area contributed by atoms with E-state index >= 15 is 0 Å². The molecule has 1 fully saturated rings. The highest BCUT2D eigenvalue weighted by Gasteiger charge is 2.29. The molecule has 1 aromatic rings. The van der Waals surface area contributed by atoms with E-state index in [-0.39, 0.29) is 11.9 Å². The molecule has 4 heteroatoms. The Morgan fingerprint density at radius 1 is 1.29 bits per heavy atom. The fourth-order valence-corrected chi connectivity index (χ4v) is 2.76. The molecule has 1 saturated carbocycles. The Morgan fingerprint density at radius 2 is 2.12 bits per heavy atom. The van der Waals surface area contributed by atoms with Gasteiger partial charge in [0.2, 0.25) is 0 Å². The van der Waals surface area contributed by atoms with Gasteiger partial charge < -0.3 is 10.1 Å². The molecule has 1 aliphatic heterocycles. The maximum Gasteiger partial charge on any atom is 0.166 e. The van der Waals surface area contributed by atoms with Crippen molar-refractivity contribution < 1.29 is 9.13 Å². The maximum absolute atomic E-state index is 13.9. The summed E-state index contributed by atoms with van der Waals surface area (Å²) in [6.07, 6.45) is 4.46. The number of benzene rings is 1. The second-order valence-electron chi connectivity index (χ2n) is 4.79. The molecule has 0 radical (unpaired) electrons. The van der Waals surface area contributed by atoms with Gasteiger partial charge in [-0.15, -0.1) is 0 Å². The molecule has 2 nitrogen and oxygen atoms in total. The molecular formula is C13H15BrFNO. The zero-order valence-electron chi connectivity index (χ0n) is 9.51. The average molecular weight is 300 g/mol. The summed E-state index contributed by atoms with van der Waals surface area (Å²) in [6, 6.07) is 4.29. The van der Waals surface area contributed by atoms with Gasteiger partial charge in [0.15, 0.2) is 11.6 Å². The number of hydrogen-bond acceptors (Lipinski definition) is 2. The summed E-state index contributed by atoms with van der Waals surface area (Å²) in [6.45, 7) is 0.606. The van der Waals surface area contributed by atoms with Gasteiger partial charge in [0.25, 0.3) is 0 Å². The second-order valence-corrected chi connectivity index (χ2v) is 5.71. The molecule has 0 spiro atoms. The van der Waals surface area contributed by atoms with Crippen LogP contribution in [0.1, 0.15) is 37.3 Å². The first kappa shape index (κ1) is 11.5. The Morgan fingerprint density at radius 3 is 2.88 bits per heavy atom. The Balaban J connectivity index is 1.97. The molecule has 1 atom stereocenters. The van der Waals surface area contributed by atoms with Gasteiger partial charge in [-0.05, 0) is 37.8 Å². The minimum atomic E-state index is -0.265. The lowest BCUT2D eigenvalue weighted by atomic mass is 10.0. The van der Waals surface area contributed by atoms with E-state index in [1.165, 1.54) is 18.9 Å². The SMILES string of the molecule is Fc1cc(Br)cc2c1OCCCC2NC1CC1. The predicted molar refractivity (Wildman–Crippen MR) is 67.7 cm³/mol. The number of fused-ring (bicyclic) bond motifs is 1. The minimum Gasteiger partial charge on any atom is -0.490 e. The van der Waals surface area contributed by atoms with Crippen LogP contribution in [0.3, 0.4) is 0 Å². The molecular weight excluding hydrogens is 285 g/mol. The number of rotatable bonds is 2. The van der Waals surface area contributed by atoms with Crippen LogP contribution >= 0.6 is 15.9 Å². The van der Waals surface area contributed by atoms with E-state index in [0.717, 1.165) is 22.9 Å². The van der Waals surface area contributed by atoms with Crippen molar-refractivity contribution >= 4 is 15.9 Å². The second kappa shape index (κ2) is 4.58. The Kier molecular flexibility index (Phi) is 3.09. The monoisotopic (exact) mass is 299 g/mol. The quantitative estimate of drug-likeness (QED) is 0.902. The van der Waals surface area contributed by atoms with Gasteiger partial charge in [-0.3, -0.25) is 0 Å². The van der Waals surface area contributed by atoms with Crippen molar-refractivity contribution in [2.24, 2.45) is 0 Å². The van der Waals surface area contributed by atoms with Crippen molar-refractivity contribution in [2.75, 3.05) is 6.61 Å². The standard InChI is InChI=1S/C13H15BrFNO/c14-8-6-10-12(16-9-3-4-9)2-1-5-17-13(10)11(15)7-8/h6-7,9,12,16H,1-5H2. The van der Waals surface area contributed by atoms with Crippen molar-refractivity contribution in [1.29, 1.82) is 0 Å². The van der Waals surface area contributed by atoms with Crippen LogP contribution in [0.15, 0.2) is 16.6 Å². The van der Waals surface area contributed by atoms with Crippen molar-refractivity contribution in [3.05, 3.63) is 28.0 Å². The van der Waals surface area contributed by atoms with Crippen molar-refractivity contribution in [3.8, 4) is 5.75 Å². The van der Waals surface area contributed by atoms with Crippen LogP contribution in [0.2, 0.25) is 0 Å². The van der Waals surface area contributed by atoms with E-state index in [2.05, 4.69) is 21.2 Å². The largest absolute Gasteiger partial charge is 0.490 e. The van der Waals surface area contributed by atoms with Crippen LogP contribution in [0.4, 0.5) is 4.39 Å². The maximum atomic E-state index is 13.9. The van der Waals surface area contributed by atoms with E-state index in [9.17, 15) is 4.39 Å². The normalized spacial score (nSPS) is 23.8. The van der Waals surface area contributed by atoms with Crippen molar-refractivity contribution in [1.82, 2.24) is 5.32 Å². The zero-order valence-corrected chi connectivity index (χ0v) is 11.1. The highest BCUT2D eigenvalue weighted by Crippen LogP contribution is 2.37. The number of hydrogen-bond donors (Lipinski definition) is 1. The van der Waals surface area contributed by atoms with Gasteiger partial charge in [-0.2, -0.15) is 0 Å². The Labute approximate surface area is 109 Å². The summed E-state index contributed by atoms with van der Waals surface area (Å²) in [4.78, 5) is 0. The molecule has 1 N–H and O–H groups in total. The summed E-state index contributed by atoms with van der Waals surface area (Å²) in [5.41, 5.74) is 0.960. The lowest BCUT2D eigenvalue weighted by Crippen LogP contribution is -2.23. The van der Waals surface area contributed by atoms with E-state index in [4.69, 9.17) is 4.74 Å². The molecule has 92 valence electrons. The van der Waals surface area contributed by atoms with Crippen LogP contribution in [-0.4, -0.2) is 12.6 Å². The van der Waals surface area contributed by atoms with Gasteiger partial charge >= 0.3 is 0 Å². The summed E-state index contributed by atoms with van der Waals surface area (Å²) in [7, 11) is 0. The molecule has 2 aliphatic rings. The van der Waals surface area contributed by atoms with Crippen LogP contribution in [0.5, 0.6) is 5.75 Å². The molecule has 1 aliphatic carbocycles. The smallest absolute Gasteiger partial charge is 0.166 e. The van der Waals surface area contributed by atoms with Gasteiger partial charge in [0, 0.05) is 22.1 Å². The highest BCUT2D eigenvalue weighted by molar-refractivity contribution is 9.10. The van der Waals surface area contributed by atoms with E-state index in [0.29, 0.717) is 18.4 Å². The summed E-state index contributed by atoms with van der Waals surface area (Å²) >= 11 is 3.35. The minimum absolute atomic E-state index is 0.229. The number of halogens is 2. The van der Waals surface area contributed by atoms with Crippen LogP contribution < -0.4 is 10.1 Å². The Bertz CT molecular complexity index is 434. The van der Waals surface area contributed by atoms with Crippen LogP contribution in [-0.2, 0) is 0 Å². The third-order valence-electron chi connectivity index (χ3n) is 3.31. The summed E-state index contributed by atoms with van der Waals surface area (Å²) < 4.78 is 20.2. The lowest BCUT2D eigenvalue weighted by Gasteiger charge is -2.18. The molecule has 0 saturated heterocycles. The topological polar surface area (TPSA) is 21.3 Å². The van der Waals surface area contributed by atoms with Gasteiger partial charge in [-0.25, -0.2) is 4.39 Å². The predicted octanol–water partition coefficient (Wildman–Crippen LogP) is 3.55. The third kappa shape index (κ3) is 2.47. The fourth-order valence-electron chi connectivity index (χ4n) is 2.32. The molecule has 1 heterocycles. The number of nitrogens with one attached hydrogen (secondary N) is 1. The molecule has 3 rings (SSSR count). The molecule has 0 amide bonds. The van der Waals surface area contributed by atoms with Gasteiger partial charge in [-0.1, -0.05) is 15.9 Å². The molecule has 1 aromatic carbocycles. The molecule has 0 bridgehead atoms. The number of ether oxygens (including phenoxy) is 1. The first-order valence-electron chi connectivity index (χ1n) is 6.12. The lowest BCUT2D eigenvalue weighted by molar-refractivity contribution is 0.300. The van der Waals surface area contributed by atoms with E-state index in [1.807, 2.05) is 6.07 Å². The molecule has 0 aromatic heterocycles. The van der Waals surface area contributed by atoms with E-state index < -0.39 is 0 Å². The first-order chi connectivity index (χ1) is 8.24. The van der Waals surface area contributed by atoms with Gasteiger partial charge in [0.05, 0.1) is 6.61 Å². The average Bonchev–Trinajstić information content (AvgIpc) is 3.08. The third-order valence-corrected chi connectivity index (χ3v) is 3.77. The molecule has 1 unspecified atom stereocenters. The van der Waals surface area contributed by atoms with E-state index in [1.54, 1.807) is 0 Å². The van der Waals surface area contributed by atoms with Crippen LogP contribution in [0.25, 0.3) is 0 Å². The zero-order chi connectivity index (χ0) is 11.8. The van der Waals surface area contributed by atoms with Crippen LogP contribution in [0, 0.1) is 5.82 Å². The Hall–Kier alpha value is -0.610. The van der Waals surface area contributed by atoms with Crippen molar-refractivity contribution in [2.45, 2.75) is 37.8 Å². The summed E-state index contributed by atoms with van der Waals surface area (Å²) in [5, 5.41) is 3.58. The highest BCUT2D eigenvalue weighted by atomic mass is 79.9. The fraction of sp³-hybridized carbons (Fsp3) is 0.538.